The summed E-state index contributed by atoms with van der Waals surface area (Å²) in [6, 6.07) is 1.49. The van der Waals surface area contributed by atoms with E-state index in [1.165, 1.54) is 6.07 Å². The summed E-state index contributed by atoms with van der Waals surface area (Å²) < 4.78 is 37.5. The summed E-state index contributed by atoms with van der Waals surface area (Å²) in [5.74, 6) is -1.03. The minimum Gasteiger partial charge on any atom is -0.295 e. The summed E-state index contributed by atoms with van der Waals surface area (Å²) >= 11 is 0. The van der Waals surface area contributed by atoms with Crippen LogP contribution in [0.1, 0.15) is 11.5 Å². The number of alkyl halides is 3. The van der Waals surface area contributed by atoms with Crippen molar-refractivity contribution in [2.45, 2.75) is 13.1 Å². The fourth-order valence-corrected chi connectivity index (χ4v) is 1.09. The van der Waals surface area contributed by atoms with E-state index >= 15 is 0 Å². The highest BCUT2D eigenvalue weighted by molar-refractivity contribution is 5.38. The van der Waals surface area contributed by atoms with Crippen LogP contribution >= 0.6 is 0 Å². The third-order valence-electron chi connectivity index (χ3n) is 1.58. The van der Waals surface area contributed by atoms with Gasteiger partial charge in [0.2, 0.25) is 0 Å². The molecule has 0 saturated heterocycles. The van der Waals surface area contributed by atoms with Gasteiger partial charge < -0.3 is 0 Å². The van der Waals surface area contributed by atoms with Crippen molar-refractivity contribution in [1.82, 2.24) is 19.8 Å². The van der Waals surface area contributed by atoms with Crippen LogP contribution in [0.15, 0.2) is 6.07 Å². The average molecular weight is 190 g/mol. The number of fused-ring (bicyclic) bond motifs is 1. The molecule has 0 bridgehead atoms. The van der Waals surface area contributed by atoms with Crippen LogP contribution in [0.5, 0.6) is 0 Å². The summed E-state index contributed by atoms with van der Waals surface area (Å²) in [5.41, 5.74) is 0.778. The molecule has 13 heavy (non-hydrogen) atoms. The van der Waals surface area contributed by atoms with Crippen molar-refractivity contribution < 1.29 is 13.2 Å². The van der Waals surface area contributed by atoms with Crippen molar-refractivity contribution in [3.8, 4) is 0 Å². The molecule has 2 rings (SSSR count). The second-order valence-corrected chi connectivity index (χ2v) is 2.65. The van der Waals surface area contributed by atoms with Crippen molar-refractivity contribution in [3.63, 3.8) is 0 Å². The molecule has 0 saturated carbocycles. The van der Waals surface area contributed by atoms with Crippen molar-refractivity contribution in [3.05, 3.63) is 17.6 Å². The first-order valence-electron chi connectivity index (χ1n) is 3.46. The van der Waals surface area contributed by atoms with Gasteiger partial charge in [-0.05, 0) is 6.92 Å². The standard InChI is InChI=1S/C6H5F3N4/c1-3-2-4-10-11-5(6(7,8)9)13(4)12-3/h2,12H,1H3. The molecule has 1 N–H and O–H groups in total. The zero-order chi connectivity index (χ0) is 9.64. The smallest absolute Gasteiger partial charge is 0.295 e. The Morgan fingerprint density at radius 2 is 2.08 bits per heavy atom. The fraction of sp³-hybridized carbons (Fsp3) is 0.333. The Labute approximate surface area is 70.4 Å². The molecule has 0 fully saturated rings. The number of nitrogens with one attached hydrogen (secondary N) is 1. The lowest BCUT2D eigenvalue weighted by Crippen LogP contribution is -2.11. The summed E-state index contributed by atoms with van der Waals surface area (Å²) in [6.07, 6.45) is -4.48. The van der Waals surface area contributed by atoms with Crippen LogP contribution in [0.25, 0.3) is 5.65 Å². The molecule has 0 aliphatic heterocycles. The maximum Gasteiger partial charge on any atom is 0.453 e. The molecule has 0 atom stereocenters. The normalized spacial score (nSPS) is 12.6. The summed E-state index contributed by atoms with van der Waals surface area (Å²) in [5, 5.41) is 8.88. The second kappa shape index (κ2) is 2.24. The molecule has 0 aromatic carbocycles. The fourth-order valence-electron chi connectivity index (χ4n) is 1.09. The van der Waals surface area contributed by atoms with Gasteiger partial charge in [0, 0.05) is 11.8 Å². The predicted molar refractivity (Wildman–Crippen MR) is 37.1 cm³/mol. The molecule has 0 radical (unpaired) electrons. The first-order valence-corrected chi connectivity index (χ1v) is 3.46. The molecular formula is C6H5F3N4. The summed E-state index contributed by atoms with van der Waals surface area (Å²) in [4.78, 5) is 0. The predicted octanol–water partition coefficient (Wildman–Crippen LogP) is 1.38. The van der Waals surface area contributed by atoms with Crippen molar-refractivity contribution in [2.75, 3.05) is 0 Å². The van der Waals surface area contributed by atoms with Gasteiger partial charge in [-0.2, -0.15) is 13.2 Å². The lowest BCUT2D eigenvalue weighted by atomic mass is 10.5. The summed E-state index contributed by atoms with van der Waals surface area (Å²) in [6.45, 7) is 1.65. The number of aromatic amines is 1. The van der Waals surface area contributed by atoms with Crippen LogP contribution in [-0.4, -0.2) is 19.8 Å². The number of aryl methyl sites for hydroxylation is 1. The highest BCUT2D eigenvalue weighted by Gasteiger charge is 2.37. The first kappa shape index (κ1) is 8.09. The minimum atomic E-state index is -4.48. The van der Waals surface area contributed by atoms with Gasteiger partial charge in [-0.3, -0.25) is 5.10 Å². The molecule has 0 aliphatic carbocycles. The molecular weight excluding hydrogens is 185 g/mol. The van der Waals surface area contributed by atoms with Crippen molar-refractivity contribution >= 4 is 5.65 Å². The van der Waals surface area contributed by atoms with E-state index in [1.54, 1.807) is 6.92 Å². The molecule has 2 aromatic rings. The zero-order valence-corrected chi connectivity index (χ0v) is 6.55. The van der Waals surface area contributed by atoms with Gasteiger partial charge in [-0.25, -0.2) is 4.52 Å². The number of H-pyrrole nitrogens is 1. The van der Waals surface area contributed by atoms with Gasteiger partial charge in [0.1, 0.15) is 0 Å². The van der Waals surface area contributed by atoms with E-state index in [4.69, 9.17) is 0 Å². The maximum absolute atomic E-state index is 12.2. The highest BCUT2D eigenvalue weighted by atomic mass is 19.4. The maximum atomic E-state index is 12.2. The van der Waals surface area contributed by atoms with Gasteiger partial charge in [0.05, 0.1) is 0 Å². The Balaban J connectivity index is 2.70. The largest absolute Gasteiger partial charge is 0.453 e. The van der Waals surface area contributed by atoms with Gasteiger partial charge in [0.25, 0.3) is 5.82 Å². The van der Waals surface area contributed by atoms with E-state index < -0.39 is 12.0 Å². The number of hydrogen-bond donors (Lipinski definition) is 1. The quantitative estimate of drug-likeness (QED) is 0.682. The number of rotatable bonds is 0. The molecule has 0 amide bonds. The van der Waals surface area contributed by atoms with Crippen LogP contribution in [0.4, 0.5) is 13.2 Å². The topological polar surface area (TPSA) is 46.0 Å². The molecule has 2 aromatic heterocycles. The van der Waals surface area contributed by atoms with Crippen molar-refractivity contribution in [1.29, 1.82) is 0 Å². The molecule has 4 nitrogen and oxygen atoms in total. The van der Waals surface area contributed by atoms with Gasteiger partial charge in [-0.15, -0.1) is 10.2 Å². The Bertz CT molecular complexity index is 438. The Morgan fingerprint density at radius 1 is 1.38 bits per heavy atom. The number of nitrogens with zero attached hydrogens (tertiary/aromatic N) is 3. The van der Waals surface area contributed by atoms with Crippen LogP contribution in [-0.2, 0) is 6.18 Å². The lowest BCUT2D eigenvalue weighted by Gasteiger charge is -2.00. The monoisotopic (exact) mass is 190 g/mol. The number of hydrogen-bond acceptors (Lipinski definition) is 2. The third-order valence-corrected chi connectivity index (χ3v) is 1.58. The highest BCUT2D eigenvalue weighted by Crippen LogP contribution is 2.27. The van der Waals surface area contributed by atoms with E-state index in [2.05, 4.69) is 15.3 Å². The molecule has 0 aliphatic rings. The SMILES string of the molecule is Cc1cc2nnc(C(F)(F)F)n2[nH]1. The van der Waals surface area contributed by atoms with Crippen LogP contribution in [0.3, 0.4) is 0 Å². The van der Waals surface area contributed by atoms with Gasteiger partial charge in [-0.1, -0.05) is 0 Å². The Kier molecular flexibility index (Phi) is 1.39. The zero-order valence-electron chi connectivity index (χ0n) is 6.55. The van der Waals surface area contributed by atoms with Crippen molar-refractivity contribution in [2.24, 2.45) is 0 Å². The first-order chi connectivity index (χ1) is 5.98. The Morgan fingerprint density at radius 3 is 2.69 bits per heavy atom. The molecule has 70 valence electrons. The second-order valence-electron chi connectivity index (χ2n) is 2.65. The minimum absolute atomic E-state index is 0.171. The average Bonchev–Trinajstić information content (AvgIpc) is 2.41. The third kappa shape index (κ3) is 1.16. The van der Waals surface area contributed by atoms with E-state index in [0.29, 0.717) is 5.69 Å². The van der Waals surface area contributed by atoms with Gasteiger partial charge >= 0.3 is 6.18 Å². The van der Waals surface area contributed by atoms with E-state index in [0.717, 1.165) is 4.52 Å². The number of aromatic nitrogens is 4. The van der Waals surface area contributed by atoms with Crippen LogP contribution in [0.2, 0.25) is 0 Å². The lowest BCUT2D eigenvalue weighted by molar-refractivity contribution is -0.146. The molecule has 0 spiro atoms. The van der Waals surface area contributed by atoms with Crippen LogP contribution < -0.4 is 0 Å². The molecule has 2 heterocycles. The van der Waals surface area contributed by atoms with E-state index in [1.807, 2.05) is 0 Å². The van der Waals surface area contributed by atoms with E-state index in [-0.39, 0.29) is 5.65 Å². The molecule has 7 heteroatoms. The Hall–Kier alpha value is -1.53. The van der Waals surface area contributed by atoms with Gasteiger partial charge in [0.15, 0.2) is 5.65 Å². The summed E-state index contributed by atoms with van der Waals surface area (Å²) in [7, 11) is 0. The molecule has 0 unspecified atom stereocenters. The van der Waals surface area contributed by atoms with E-state index in [9.17, 15) is 13.2 Å². The number of halogens is 3. The van der Waals surface area contributed by atoms with Crippen LogP contribution in [0, 0.1) is 6.92 Å².